The standard InChI is InChI=1S/C18H16N4S2/c1-2-6-15-14(5-1)21-17(24-15)12-4-3-8-22(10-12)16-13-7-9-23-18(13)20-11-19-16/h1-2,5-7,9,11-12H,3-4,8,10H2. The molecule has 1 unspecified atom stereocenters. The second-order valence-electron chi connectivity index (χ2n) is 6.14. The van der Waals surface area contributed by atoms with Gasteiger partial charge in [-0.3, -0.25) is 0 Å². The molecule has 4 nitrogen and oxygen atoms in total. The van der Waals surface area contributed by atoms with E-state index in [2.05, 4.69) is 50.6 Å². The molecule has 0 saturated carbocycles. The Labute approximate surface area is 147 Å². The molecule has 0 bridgehead atoms. The molecule has 1 aliphatic rings. The van der Waals surface area contributed by atoms with Gasteiger partial charge in [-0.2, -0.15) is 0 Å². The van der Waals surface area contributed by atoms with Crippen LogP contribution in [0.4, 0.5) is 5.82 Å². The van der Waals surface area contributed by atoms with E-state index in [1.54, 1.807) is 17.7 Å². The number of piperidine rings is 1. The molecule has 120 valence electrons. The zero-order chi connectivity index (χ0) is 15.9. The molecule has 1 aromatic carbocycles. The smallest absolute Gasteiger partial charge is 0.140 e. The van der Waals surface area contributed by atoms with Gasteiger partial charge in [0.25, 0.3) is 0 Å². The van der Waals surface area contributed by atoms with E-state index in [-0.39, 0.29) is 0 Å². The first-order chi connectivity index (χ1) is 11.9. The van der Waals surface area contributed by atoms with Gasteiger partial charge in [0.1, 0.15) is 17.0 Å². The van der Waals surface area contributed by atoms with Crippen molar-refractivity contribution in [2.75, 3.05) is 18.0 Å². The average molecular weight is 352 g/mol. The molecule has 1 aliphatic heterocycles. The van der Waals surface area contributed by atoms with Crippen LogP contribution in [0.1, 0.15) is 23.8 Å². The molecule has 4 aromatic rings. The highest BCUT2D eigenvalue weighted by molar-refractivity contribution is 7.18. The number of hydrogen-bond donors (Lipinski definition) is 0. The van der Waals surface area contributed by atoms with Crippen LogP contribution in [0, 0.1) is 0 Å². The molecule has 0 aliphatic carbocycles. The number of anilines is 1. The number of rotatable bonds is 2. The predicted octanol–water partition coefficient (Wildman–Crippen LogP) is 4.69. The van der Waals surface area contributed by atoms with Crippen LogP contribution in [-0.2, 0) is 0 Å². The minimum atomic E-state index is 0.486. The molecule has 1 fully saturated rings. The summed E-state index contributed by atoms with van der Waals surface area (Å²) in [5.41, 5.74) is 1.12. The molecule has 0 radical (unpaired) electrons. The molecule has 5 rings (SSSR count). The topological polar surface area (TPSA) is 41.9 Å². The van der Waals surface area contributed by atoms with Gasteiger partial charge in [0.2, 0.25) is 0 Å². The van der Waals surface area contributed by atoms with Crippen LogP contribution in [0.15, 0.2) is 42.0 Å². The molecule has 0 spiro atoms. The molecule has 24 heavy (non-hydrogen) atoms. The third kappa shape index (κ3) is 2.37. The van der Waals surface area contributed by atoms with E-state index in [4.69, 9.17) is 4.98 Å². The summed E-state index contributed by atoms with van der Waals surface area (Å²) in [6.45, 7) is 2.05. The number of aromatic nitrogens is 3. The van der Waals surface area contributed by atoms with Gasteiger partial charge in [0.05, 0.1) is 20.6 Å². The maximum atomic E-state index is 4.88. The first kappa shape index (κ1) is 14.3. The van der Waals surface area contributed by atoms with E-state index in [9.17, 15) is 0 Å². The van der Waals surface area contributed by atoms with Gasteiger partial charge in [-0.25, -0.2) is 15.0 Å². The summed E-state index contributed by atoms with van der Waals surface area (Å²) in [7, 11) is 0. The highest BCUT2D eigenvalue weighted by atomic mass is 32.1. The summed E-state index contributed by atoms with van der Waals surface area (Å²) < 4.78 is 1.28. The maximum absolute atomic E-state index is 4.88. The lowest BCUT2D eigenvalue weighted by molar-refractivity contribution is 0.507. The van der Waals surface area contributed by atoms with E-state index in [1.165, 1.54) is 27.9 Å². The molecule has 4 heterocycles. The summed E-state index contributed by atoms with van der Waals surface area (Å²) in [4.78, 5) is 17.3. The van der Waals surface area contributed by atoms with Gasteiger partial charge in [-0.1, -0.05) is 12.1 Å². The number of hydrogen-bond acceptors (Lipinski definition) is 6. The summed E-state index contributed by atoms with van der Waals surface area (Å²) >= 11 is 3.52. The van der Waals surface area contributed by atoms with E-state index in [0.717, 1.165) is 29.3 Å². The maximum Gasteiger partial charge on any atom is 0.140 e. The molecular formula is C18H16N4S2. The number of benzene rings is 1. The highest BCUT2D eigenvalue weighted by Crippen LogP contribution is 2.36. The molecular weight excluding hydrogens is 336 g/mol. The Kier molecular flexibility index (Phi) is 3.45. The minimum absolute atomic E-state index is 0.486. The molecule has 1 atom stereocenters. The zero-order valence-electron chi connectivity index (χ0n) is 13.1. The Morgan fingerprint density at radius 2 is 2.08 bits per heavy atom. The van der Waals surface area contributed by atoms with Crippen molar-refractivity contribution in [3.8, 4) is 0 Å². The number of para-hydroxylation sites is 1. The van der Waals surface area contributed by atoms with Crippen molar-refractivity contribution >= 4 is 48.9 Å². The lowest BCUT2D eigenvalue weighted by atomic mass is 9.98. The molecule has 0 amide bonds. The van der Waals surface area contributed by atoms with Crippen molar-refractivity contribution in [3.05, 3.63) is 47.0 Å². The monoisotopic (exact) mass is 352 g/mol. The lowest BCUT2D eigenvalue weighted by Crippen LogP contribution is -2.35. The number of fused-ring (bicyclic) bond motifs is 2. The van der Waals surface area contributed by atoms with Gasteiger partial charge < -0.3 is 4.90 Å². The van der Waals surface area contributed by atoms with Gasteiger partial charge in [-0.15, -0.1) is 22.7 Å². The van der Waals surface area contributed by atoms with Crippen LogP contribution in [0.2, 0.25) is 0 Å². The molecule has 6 heteroatoms. The van der Waals surface area contributed by atoms with Crippen LogP contribution in [0.25, 0.3) is 20.4 Å². The van der Waals surface area contributed by atoms with Gasteiger partial charge >= 0.3 is 0 Å². The Balaban J connectivity index is 1.48. The third-order valence-corrected chi connectivity index (χ3v) is 6.64. The normalized spacial score (nSPS) is 18.5. The Hall–Kier alpha value is -2.05. The largest absolute Gasteiger partial charge is 0.355 e. The summed E-state index contributed by atoms with van der Waals surface area (Å²) in [6, 6.07) is 10.6. The lowest BCUT2D eigenvalue weighted by Gasteiger charge is -2.32. The summed E-state index contributed by atoms with van der Waals surface area (Å²) in [5.74, 6) is 1.56. The predicted molar refractivity (Wildman–Crippen MR) is 101 cm³/mol. The Morgan fingerprint density at radius 1 is 1.12 bits per heavy atom. The van der Waals surface area contributed by atoms with Crippen molar-refractivity contribution in [3.63, 3.8) is 0 Å². The highest BCUT2D eigenvalue weighted by Gasteiger charge is 2.26. The van der Waals surface area contributed by atoms with E-state index in [0.29, 0.717) is 5.92 Å². The van der Waals surface area contributed by atoms with Crippen molar-refractivity contribution in [2.24, 2.45) is 0 Å². The van der Waals surface area contributed by atoms with Crippen molar-refractivity contribution < 1.29 is 0 Å². The van der Waals surface area contributed by atoms with Gasteiger partial charge in [0, 0.05) is 19.0 Å². The fraction of sp³-hybridized carbons (Fsp3) is 0.278. The summed E-state index contributed by atoms with van der Waals surface area (Å²) in [6.07, 6.45) is 4.07. The van der Waals surface area contributed by atoms with Crippen molar-refractivity contribution in [1.29, 1.82) is 0 Å². The Morgan fingerprint density at radius 3 is 3.04 bits per heavy atom. The van der Waals surface area contributed by atoms with Crippen LogP contribution in [-0.4, -0.2) is 28.0 Å². The average Bonchev–Trinajstić information content (AvgIpc) is 3.28. The molecule has 3 aromatic heterocycles. The van der Waals surface area contributed by atoms with Gasteiger partial charge in [-0.05, 0) is 36.4 Å². The SMILES string of the molecule is c1ccc2sc(C3CCCN(c4ncnc5sccc45)C3)nc2c1. The quantitative estimate of drug-likeness (QED) is 0.525. The van der Waals surface area contributed by atoms with Crippen LogP contribution < -0.4 is 4.90 Å². The van der Waals surface area contributed by atoms with E-state index >= 15 is 0 Å². The van der Waals surface area contributed by atoms with E-state index in [1.807, 2.05) is 11.3 Å². The number of thiophene rings is 1. The third-order valence-electron chi connectivity index (χ3n) is 4.62. The van der Waals surface area contributed by atoms with Crippen molar-refractivity contribution in [1.82, 2.24) is 15.0 Å². The fourth-order valence-corrected chi connectivity index (χ4v) is 5.29. The first-order valence-corrected chi connectivity index (χ1v) is 9.87. The fourth-order valence-electron chi connectivity index (χ4n) is 3.46. The zero-order valence-corrected chi connectivity index (χ0v) is 14.7. The number of thiazole rings is 1. The first-order valence-electron chi connectivity index (χ1n) is 8.17. The van der Waals surface area contributed by atoms with Gasteiger partial charge in [0.15, 0.2) is 0 Å². The van der Waals surface area contributed by atoms with Crippen LogP contribution in [0.5, 0.6) is 0 Å². The molecule has 1 saturated heterocycles. The van der Waals surface area contributed by atoms with E-state index < -0.39 is 0 Å². The summed E-state index contributed by atoms with van der Waals surface area (Å²) in [5, 5.41) is 4.53. The molecule has 0 N–H and O–H groups in total. The minimum Gasteiger partial charge on any atom is -0.355 e. The second-order valence-corrected chi connectivity index (χ2v) is 8.10. The second kappa shape index (κ2) is 5.79. The Bertz CT molecular complexity index is 973. The van der Waals surface area contributed by atoms with Crippen molar-refractivity contribution in [2.45, 2.75) is 18.8 Å². The number of nitrogens with zero attached hydrogens (tertiary/aromatic N) is 4. The van der Waals surface area contributed by atoms with Crippen LogP contribution in [0.3, 0.4) is 0 Å². The van der Waals surface area contributed by atoms with Crippen LogP contribution >= 0.6 is 22.7 Å².